The zero-order chi connectivity index (χ0) is 26.9. The Bertz CT molecular complexity index is 1070. The molecule has 0 aromatic heterocycles. The minimum atomic E-state index is -10.2. The van der Waals surface area contributed by atoms with E-state index in [0.29, 0.717) is 12.1 Å². The highest BCUT2D eigenvalue weighted by Crippen LogP contribution is 3.02. The Labute approximate surface area is 193 Å². The van der Waals surface area contributed by atoms with Crippen molar-refractivity contribution in [3.05, 3.63) is 29.3 Å². The second-order valence-corrected chi connectivity index (χ2v) is 9.72. The van der Waals surface area contributed by atoms with Gasteiger partial charge in [0, 0.05) is 12.1 Å². The molecule has 5 N–H and O–H groups in total. The SMILES string of the molecule is COC(=O)[C@H](CCCN=C(N)N)NC(=O)C1=Cc2cc(S(F)(F)(F)(F)F)ccc2O[C@@H]1C(F)(F)F. The lowest BCUT2D eigenvalue weighted by Crippen LogP contribution is -2.48. The summed E-state index contributed by atoms with van der Waals surface area (Å²) < 4.78 is 115. The molecular weight excluding hydrogens is 520 g/mol. The van der Waals surface area contributed by atoms with Gasteiger partial charge in [-0.3, -0.25) is 9.79 Å². The van der Waals surface area contributed by atoms with Crippen LogP contribution in [-0.2, 0) is 14.3 Å². The van der Waals surface area contributed by atoms with Crippen LogP contribution in [0.2, 0.25) is 0 Å². The molecule has 1 aliphatic heterocycles. The number of carbonyl (C=O) groups is 2. The van der Waals surface area contributed by atoms with Crippen LogP contribution in [-0.4, -0.2) is 49.8 Å². The van der Waals surface area contributed by atoms with Crippen LogP contribution in [0, 0.1) is 0 Å². The summed E-state index contributed by atoms with van der Waals surface area (Å²) in [6, 6.07) is -1.43. The predicted molar refractivity (Wildman–Crippen MR) is 110 cm³/mol. The number of benzene rings is 1. The van der Waals surface area contributed by atoms with Crippen LogP contribution in [0.1, 0.15) is 18.4 Å². The number of nitrogens with one attached hydrogen (secondary N) is 1. The van der Waals surface area contributed by atoms with Crippen molar-refractivity contribution in [2.45, 2.75) is 36.1 Å². The average molecular weight is 540 g/mol. The highest BCUT2D eigenvalue weighted by atomic mass is 32.5. The van der Waals surface area contributed by atoms with Crippen molar-refractivity contribution in [1.29, 1.82) is 0 Å². The van der Waals surface area contributed by atoms with E-state index in [1.807, 2.05) is 5.32 Å². The van der Waals surface area contributed by atoms with Crippen LogP contribution >= 0.6 is 10.2 Å². The molecule has 2 rings (SSSR count). The van der Waals surface area contributed by atoms with Gasteiger partial charge in [-0.2, -0.15) is 13.2 Å². The number of halogens is 8. The number of rotatable bonds is 8. The van der Waals surface area contributed by atoms with Gasteiger partial charge in [-0.25, -0.2) is 4.79 Å². The van der Waals surface area contributed by atoms with Crippen molar-refractivity contribution < 1.29 is 51.7 Å². The quantitative estimate of drug-likeness (QED) is 0.151. The number of hydrogen-bond donors (Lipinski definition) is 3. The zero-order valence-corrected chi connectivity index (χ0v) is 18.6. The standard InChI is InChI=1S/C18H20F8N4O4S/c1-33-16(32)12(3-2-6-29-17(27)28)30-15(31)11-8-9-7-10(35(22,23,24,25)26)4-5-13(9)34-14(11)18(19,20)21/h4-5,7-8,12,14H,2-3,6H2,1H3,(H,30,31)(H4,27,28,29)/t12-,14-/m0/s1. The second kappa shape index (κ2) is 8.76. The van der Waals surface area contributed by atoms with E-state index in [0.717, 1.165) is 7.11 Å². The molecule has 1 aliphatic rings. The number of nitrogens with zero attached hydrogens (tertiary/aromatic N) is 1. The van der Waals surface area contributed by atoms with E-state index >= 15 is 0 Å². The van der Waals surface area contributed by atoms with Gasteiger partial charge in [0.2, 0.25) is 6.10 Å². The third kappa shape index (κ3) is 7.37. The largest absolute Gasteiger partial charge is 0.475 e. The van der Waals surface area contributed by atoms with Crippen LogP contribution in [0.4, 0.5) is 32.6 Å². The number of carbonyl (C=O) groups excluding carboxylic acids is 2. The number of guanidine groups is 1. The molecule has 2 atom stereocenters. The molecule has 0 radical (unpaired) electrons. The monoisotopic (exact) mass is 540 g/mol. The topological polar surface area (TPSA) is 129 Å². The molecule has 0 fully saturated rings. The number of hydrogen-bond acceptors (Lipinski definition) is 5. The first kappa shape index (κ1) is 28.0. The van der Waals surface area contributed by atoms with Gasteiger partial charge in [0.25, 0.3) is 5.91 Å². The Morgan fingerprint density at radius 3 is 2.34 bits per heavy atom. The van der Waals surface area contributed by atoms with Crippen molar-refractivity contribution in [3.8, 4) is 5.75 Å². The first-order valence-corrected chi connectivity index (χ1v) is 11.4. The summed E-state index contributed by atoms with van der Waals surface area (Å²) in [5.41, 5.74) is 8.19. The Morgan fingerprint density at radius 1 is 1.20 bits per heavy atom. The van der Waals surface area contributed by atoms with Crippen LogP contribution < -0.4 is 21.5 Å². The molecule has 198 valence electrons. The number of esters is 1. The number of ether oxygens (including phenoxy) is 2. The molecule has 1 aromatic carbocycles. The van der Waals surface area contributed by atoms with Crippen molar-refractivity contribution in [2.75, 3.05) is 13.7 Å². The highest BCUT2D eigenvalue weighted by Gasteiger charge is 2.65. The second-order valence-electron chi connectivity index (χ2n) is 7.31. The maximum absolute atomic E-state index is 13.6. The molecule has 1 aromatic rings. The van der Waals surface area contributed by atoms with Gasteiger partial charge in [0.05, 0.1) is 12.7 Å². The summed E-state index contributed by atoms with van der Waals surface area (Å²) in [7, 11) is -9.24. The minimum Gasteiger partial charge on any atom is -0.475 e. The highest BCUT2D eigenvalue weighted by molar-refractivity contribution is 8.45. The number of amides is 1. The van der Waals surface area contributed by atoms with E-state index in [4.69, 9.17) is 11.5 Å². The van der Waals surface area contributed by atoms with Crippen LogP contribution in [0.25, 0.3) is 6.08 Å². The van der Waals surface area contributed by atoms with Crippen LogP contribution in [0.5, 0.6) is 5.75 Å². The summed E-state index contributed by atoms with van der Waals surface area (Å²) in [5.74, 6) is -3.68. The summed E-state index contributed by atoms with van der Waals surface area (Å²) in [6.07, 6.45) is -7.96. The van der Waals surface area contributed by atoms with Crippen molar-refractivity contribution >= 4 is 34.1 Å². The lowest BCUT2D eigenvalue weighted by atomic mass is 9.99. The van der Waals surface area contributed by atoms with E-state index in [9.17, 15) is 42.2 Å². The summed E-state index contributed by atoms with van der Waals surface area (Å²) in [4.78, 5) is 25.9. The van der Waals surface area contributed by atoms with Crippen molar-refractivity contribution in [2.24, 2.45) is 16.5 Å². The van der Waals surface area contributed by atoms with Gasteiger partial charge in [0.1, 0.15) is 16.7 Å². The van der Waals surface area contributed by atoms with E-state index in [2.05, 4.69) is 14.5 Å². The lowest BCUT2D eigenvalue weighted by Gasteiger charge is -2.41. The molecule has 17 heteroatoms. The van der Waals surface area contributed by atoms with Crippen molar-refractivity contribution in [1.82, 2.24) is 5.32 Å². The maximum Gasteiger partial charge on any atom is 0.429 e. The smallest absolute Gasteiger partial charge is 0.429 e. The van der Waals surface area contributed by atoms with Gasteiger partial charge < -0.3 is 26.3 Å². The maximum atomic E-state index is 13.6. The van der Waals surface area contributed by atoms with E-state index in [-0.39, 0.29) is 37.5 Å². The Kier molecular flexibility index (Phi) is 7.01. The molecule has 1 amide bonds. The minimum absolute atomic E-state index is 0.00674. The van der Waals surface area contributed by atoms with E-state index in [1.165, 1.54) is 0 Å². The molecule has 1 heterocycles. The van der Waals surface area contributed by atoms with Gasteiger partial charge >= 0.3 is 22.4 Å². The molecule has 0 spiro atoms. The normalized spacial score (nSPS) is 18.5. The number of methoxy groups -OCH3 is 1. The van der Waals surface area contributed by atoms with Crippen LogP contribution in [0.15, 0.2) is 33.7 Å². The number of aliphatic imine (C=N–C) groups is 1. The van der Waals surface area contributed by atoms with Gasteiger partial charge in [-0.15, -0.1) is 0 Å². The molecule has 35 heavy (non-hydrogen) atoms. The van der Waals surface area contributed by atoms with Crippen LogP contribution in [0.3, 0.4) is 0 Å². The zero-order valence-electron chi connectivity index (χ0n) is 17.8. The predicted octanol–water partition coefficient (Wildman–Crippen LogP) is 3.76. The Hall–Kier alpha value is -3.24. The molecule has 0 aliphatic carbocycles. The fourth-order valence-corrected chi connectivity index (χ4v) is 3.66. The van der Waals surface area contributed by atoms with E-state index in [1.54, 1.807) is 0 Å². The molecule has 0 saturated carbocycles. The van der Waals surface area contributed by atoms with Gasteiger partial charge in [0.15, 0.2) is 5.96 Å². The number of fused-ring (bicyclic) bond motifs is 1. The molecular formula is C18H20F8N4O4S. The summed E-state index contributed by atoms with van der Waals surface area (Å²) >= 11 is 0. The molecule has 0 bridgehead atoms. The molecule has 0 saturated heterocycles. The van der Waals surface area contributed by atoms with Gasteiger partial charge in [-0.05, 0) is 37.1 Å². The summed E-state index contributed by atoms with van der Waals surface area (Å²) in [5, 5.41) is 1.98. The summed E-state index contributed by atoms with van der Waals surface area (Å²) in [6.45, 7) is -0.00674. The Morgan fingerprint density at radius 2 is 1.83 bits per heavy atom. The fraction of sp³-hybridized carbons (Fsp3) is 0.389. The molecule has 0 unspecified atom stereocenters. The third-order valence-corrected chi connectivity index (χ3v) is 5.71. The molecule has 8 nitrogen and oxygen atoms in total. The number of nitrogens with two attached hydrogens (primary N) is 2. The average Bonchev–Trinajstić information content (AvgIpc) is 2.71. The van der Waals surface area contributed by atoms with Crippen molar-refractivity contribution in [3.63, 3.8) is 0 Å². The first-order valence-electron chi connectivity index (χ1n) is 9.50. The lowest BCUT2D eigenvalue weighted by molar-refractivity contribution is -0.185. The number of alkyl halides is 3. The fourth-order valence-electron chi connectivity index (χ4n) is 2.98. The third-order valence-electron chi connectivity index (χ3n) is 4.56. The van der Waals surface area contributed by atoms with E-state index < -0.39 is 62.2 Å². The first-order chi connectivity index (χ1) is 15.7. The Balaban J connectivity index is 2.44. The van der Waals surface area contributed by atoms with Gasteiger partial charge in [-0.1, -0.05) is 19.4 Å².